The number of hydrogen-bond acceptors (Lipinski definition) is 4. The van der Waals surface area contributed by atoms with Gasteiger partial charge in [0.05, 0.1) is 24.0 Å². The molecule has 0 bridgehead atoms. The first-order chi connectivity index (χ1) is 9.81. The Morgan fingerprint density at radius 1 is 1.52 bits per heavy atom. The molecule has 1 aromatic rings. The lowest BCUT2D eigenvalue weighted by Crippen LogP contribution is -2.33. The van der Waals surface area contributed by atoms with E-state index in [2.05, 4.69) is 10.4 Å². The Bertz CT molecular complexity index is 562. The second kappa shape index (κ2) is 6.23. The first kappa shape index (κ1) is 16.1. The quantitative estimate of drug-likeness (QED) is 0.924. The number of nitrogens with zero attached hydrogens (tertiary/aromatic N) is 2. The van der Waals surface area contributed by atoms with Gasteiger partial charge in [0.15, 0.2) is 0 Å². The summed E-state index contributed by atoms with van der Waals surface area (Å²) in [4.78, 5) is 11.8. The first-order valence-electron chi connectivity index (χ1n) is 6.43. The molecule has 1 aromatic heterocycles. The zero-order valence-electron chi connectivity index (χ0n) is 11.3. The van der Waals surface area contributed by atoms with Gasteiger partial charge in [-0.05, 0) is 19.3 Å². The van der Waals surface area contributed by atoms with Crippen molar-refractivity contribution in [3.8, 4) is 0 Å². The highest BCUT2D eigenvalue weighted by Crippen LogP contribution is 2.27. The maximum absolute atomic E-state index is 12.3. The van der Waals surface area contributed by atoms with Crippen LogP contribution in [0.1, 0.15) is 19.3 Å². The lowest BCUT2D eigenvalue weighted by Gasteiger charge is -2.21. The Morgan fingerprint density at radius 3 is 2.86 bits per heavy atom. The molecule has 1 heterocycles. The van der Waals surface area contributed by atoms with Crippen molar-refractivity contribution in [2.45, 2.75) is 44.1 Å². The van der Waals surface area contributed by atoms with Crippen molar-refractivity contribution in [3.05, 3.63) is 21.6 Å². The van der Waals surface area contributed by atoms with Crippen LogP contribution in [0, 0.1) is 0 Å². The van der Waals surface area contributed by atoms with Crippen LogP contribution in [-0.4, -0.2) is 35.2 Å². The highest BCUT2D eigenvalue weighted by atomic mass is 35.5. The SMILES string of the molecule is COC1CCCC1Nc1cnn(CC(F)(F)F)c(=O)c1Cl. The van der Waals surface area contributed by atoms with Crippen LogP contribution in [0.3, 0.4) is 0 Å². The molecule has 1 N–H and O–H groups in total. The highest BCUT2D eigenvalue weighted by molar-refractivity contribution is 6.32. The van der Waals surface area contributed by atoms with E-state index in [1.165, 1.54) is 0 Å². The van der Waals surface area contributed by atoms with Crippen molar-refractivity contribution >= 4 is 17.3 Å². The van der Waals surface area contributed by atoms with Crippen molar-refractivity contribution in [2.75, 3.05) is 12.4 Å². The van der Waals surface area contributed by atoms with Gasteiger partial charge in [0.25, 0.3) is 5.56 Å². The van der Waals surface area contributed by atoms with E-state index in [0.29, 0.717) is 4.68 Å². The molecule has 21 heavy (non-hydrogen) atoms. The highest BCUT2D eigenvalue weighted by Gasteiger charge is 2.31. The van der Waals surface area contributed by atoms with Crippen LogP contribution >= 0.6 is 11.6 Å². The topological polar surface area (TPSA) is 56.1 Å². The zero-order valence-corrected chi connectivity index (χ0v) is 12.0. The van der Waals surface area contributed by atoms with E-state index in [0.717, 1.165) is 25.5 Å². The van der Waals surface area contributed by atoms with Gasteiger partial charge in [-0.15, -0.1) is 0 Å². The van der Waals surface area contributed by atoms with E-state index in [9.17, 15) is 18.0 Å². The fourth-order valence-electron chi connectivity index (χ4n) is 2.42. The predicted molar refractivity (Wildman–Crippen MR) is 71.6 cm³/mol. The number of ether oxygens (including phenoxy) is 1. The molecule has 1 saturated carbocycles. The number of rotatable bonds is 4. The van der Waals surface area contributed by atoms with E-state index in [4.69, 9.17) is 16.3 Å². The summed E-state index contributed by atoms with van der Waals surface area (Å²) in [7, 11) is 1.59. The monoisotopic (exact) mass is 325 g/mol. The molecule has 2 atom stereocenters. The normalized spacial score (nSPS) is 22.5. The zero-order chi connectivity index (χ0) is 15.6. The molecular formula is C12H15ClF3N3O2. The van der Waals surface area contributed by atoms with Gasteiger partial charge in [0, 0.05) is 7.11 Å². The van der Waals surface area contributed by atoms with Crippen molar-refractivity contribution in [1.82, 2.24) is 9.78 Å². The Kier molecular flexibility index (Phi) is 4.77. The third-order valence-corrected chi connectivity index (χ3v) is 3.78. The van der Waals surface area contributed by atoms with Gasteiger partial charge in [-0.2, -0.15) is 18.3 Å². The molecule has 118 valence electrons. The van der Waals surface area contributed by atoms with Crippen molar-refractivity contribution in [3.63, 3.8) is 0 Å². The van der Waals surface area contributed by atoms with Gasteiger partial charge in [0.1, 0.15) is 11.6 Å². The van der Waals surface area contributed by atoms with Crippen LogP contribution in [0.4, 0.5) is 18.9 Å². The molecule has 1 aliphatic carbocycles. The number of hydrogen-bond donors (Lipinski definition) is 1. The van der Waals surface area contributed by atoms with Gasteiger partial charge in [0.2, 0.25) is 0 Å². The molecule has 0 radical (unpaired) electrons. The van der Waals surface area contributed by atoms with E-state index in [-0.39, 0.29) is 22.9 Å². The molecule has 2 unspecified atom stereocenters. The van der Waals surface area contributed by atoms with Crippen molar-refractivity contribution in [1.29, 1.82) is 0 Å². The minimum Gasteiger partial charge on any atom is -0.379 e. The summed E-state index contributed by atoms with van der Waals surface area (Å²) < 4.78 is 42.5. The third kappa shape index (κ3) is 3.88. The summed E-state index contributed by atoms with van der Waals surface area (Å²) in [6.07, 6.45) is -0.724. The molecule has 2 rings (SSSR count). The van der Waals surface area contributed by atoms with Crippen molar-refractivity contribution < 1.29 is 17.9 Å². The summed E-state index contributed by atoms with van der Waals surface area (Å²) >= 11 is 5.85. The third-order valence-electron chi connectivity index (χ3n) is 3.41. The van der Waals surface area contributed by atoms with Crippen LogP contribution in [0.5, 0.6) is 0 Å². The van der Waals surface area contributed by atoms with Gasteiger partial charge in [-0.3, -0.25) is 4.79 Å². The summed E-state index contributed by atoms with van der Waals surface area (Å²) in [6, 6.07) is -0.0350. The lowest BCUT2D eigenvalue weighted by atomic mass is 10.2. The van der Waals surface area contributed by atoms with E-state index in [1.807, 2.05) is 0 Å². The Labute approximate surface area is 124 Å². The fourth-order valence-corrected chi connectivity index (χ4v) is 2.62. The minimum atomic E-state index is -4.53. The summed E-state index contributed by atoms with van der Waals surface area (Å²) in [5.74, 6) is 0. The molecule has 0 amide bonds. The van der Waals surface area contributed by atoms with Gasteiger partial charge < -0.3 is 10.1 Å². The standard InChI is InChI=1S/C12H15ClF3N3O2/c1-21-9-4-2-3-7(9)18-8-5-17-19(6-12(14,15)16)11(20)10(8)13/h5,7,9,18H,2-4,6H2,1H3. The van der Waals surface area contributed by atoms with Crippen LogP contribution in [0.25, 0.3) is 0 Å². The number of aromatic nitrogens is 2. The van der Waals surface area contributed by atoms with Gasteiger partial charge in [-0.25, -0.2) is 4.68 Å². The molecule has 0 aliphatic heterocycles. The summed E-state index contributed by atoms with van der Waals surface area (Å²) in [5, 5.41) is 6.25. The maximum atomic E-state index is 12.3. The van der Waals surface area contributed by atoms with Crippen molar-refractivity contribution in [2.24, 2.45) is 0 Å². The van der Waals surface area contributed by atoms with Crippen LogP contribution in [-0.2, 0) is 11.3 Å². The van der Waals surface area contributed by atoms with Gasteiger partial charge >= 0.3 is 6.18 Å². The van der Waals surface area contributed by atoms with E-state index < -0.39 is 18.3 Å². The number of methoxy groups -OCH3 is 1. The average Bonchev–Trinajstić information content (AvgIpc) is 2.84. The average molecular weight is 326 g/mol. The van der Waals surface area contributed by atoms with Gasteiger partial charge in [-0.1, -0.05) is 11.6 Å². The molecule has 0 aromatic carbocycles. The number of halogens is 4. The second-order valence-electron chi connectivity index (χ2n) is 4.91. The Hall–Kier alpha value is -1.28. The first-order valence-corrected chi connectivity index (χ1v) is 6.81. The largest absolute Gasteiger partial charge is 0.408 e. The van der Waals surface area contributed by atoms with Crippen LogP contribution < -0.4 is 10.9 Å². The van der Waals surface area contributed by atoms with E-state index >= 15 is 0 Å². The summed E-state index contributed by atoms with van der Waals surface area (Å²) in [5.41, 5.74) is -0.736. The molecule has 5 nitrogen and oxygen atoms in total. The van der Waals surface area contributed by atoms with E-state index in [1.54, 1.807) is 7.11 Å². The number of anilines is 1. The molecular weight excluding hydrogens is 311 g/mol. The molecule has 1 aliphatic rings. The summed E-state index contributed by atoms with van der Waals surface area (Å²) in [6.45, 7) is -1.46. The van der Waals surface area contributed by atoms with Crippen LogP contribution in [0.15, 0.2) is 11.0 Å². The predicted octanol–water partition coefficient (Wildman–Crippen LogP) is 2.44. The minimum absolute atomic E-state index is 0.0151. The number of nitrogens with one attached hydrogen (secondary N) is 1. The second-order valence-corrected chi connectivity index (χ2v) is 5.28. The Balaban J connectivity index is 2.19. The Morgan fingerprint density at radius 2 is 2.24 bits per heavy atom. The molecule has 0 spiro atoms. The lowest BCUT2D eigenvalue weighted by molar-refractivity contribution is -0.143. The van der Waals surface area contributed by atoms with Crippen LogP contribution in [0.2, 0.25) is 5.02 Å². The molecule has 9 heteroatoms. The fraction of sp³-hybridized carbons (Fsp3) is 0.667. The molecule has 1 fully saturated rings. The number of alkyl halides is 3. The maximum Gasteiger partial charge on any atom is 0.408 e. The molecule has 0 saturated heterocycles. The smallest absolute Gasteiger partial charge is 0.379 e.